The Kier molecular flexibility index (Phi) is 6.64. The molecule has 0 spiro atoms. The van der Waals surface area contributed by atoms with Crippen molar-refractivity contribution in [1.82, 2.24) is 0 Å². The van der Waals surface area contributed by atoms with Gasteiger partial charge in [-0.15, -0.1) is 0 Å². The minimum atomic E-state index is -1.31. The molecule has 0 saturated heterocycles. The average Bonchev–Trinajstić information content (AvgIpc) is 2.42. The van der Waals surface area contributed by atoms with Gasteiger partial charge in [0.2, 0.25) is 5.91 Å². The lowest BCUT2D eigenvalue weighted by molar-refractivity contribution is -0.126. The first-order valence-electron chi connectivity index (χ1n) is 6.76. The van der Waals surface area contributed by atoms with Gasteiger partial charge in [0, 0.05) is 6.61 Å². The molecule has 112 valence electrons. The van der Waals surface area contributed by atoms with Crippen LogP contribution in [0.25, 0.3) is 0 Å². The van der Waals surface area contributed by atoms with E-state index in [1.165, 1.54) is 0 Å². The molecule has 4 N–H and O–H groups in total. The number of rotatable bonds is 9. The van der Waals surface area contributed by atoms with Crippen LogP contribution in [0.4, 0.5) is 0 Å². The van der Waals surface area contributed by atoms with Gasteiger partial charge < -0.3 is 20.9 Å². The fraction of sp³-hybridized carbons (Fsp3) is 0.533. The van der Waals surface area contributed by atoms with Crippen LogP contribution in [0.3, 0.4) is 0 Å². The van der Waals surface area contributed by atoms with Gasteiger partial charge in [-0.25, -0.2) is 0 Å². The van der Waals surface area contributed by atoms with E-state index >= 15 is 0 Å². The zero-order valence-electron chi connectivity index (χ0n) is 12.2. The molecule has 0 saturated carbocycles. The largest absolute Gasteiger partial charge is 0.379 e. The highest BCUT2D eigenvalue weighted by Crippen LogP contribution is 2.18. The summed E-state index contributed by atoms with van der Waals surface area (Å²) >= 11 is 0. The van der Waals surface area contributed by atoms with Gasteiger partial charge in [-0.1, -0.05) is 44.2 Å². The molecule has 0 heterocycles. The molecule has 0 aliphatic rings. The molecule has 0 aliphatic carbocycles. The van der Waals surface area contributed by atoms with Crippen LogP contribution in [-0.2, 0) is 19.8 Å². The molecule has 1 aromatic rings. The van der Waals surface area contributed by atoms with E-state index in [0.717, 1.165) is 0 Å². The third-order valence-electron chi connectivity index (χ3n) is 2.88. The van der Waals surface area contributed by atoms with Gasteiger partial charge in [0.05, 0.1) is 19.8 Å². The Bertz CT molecular complexity index is 409. The zero-order chi connectivity index (χ0) is 15.0. The maximum absolute atomic E-state index is 11.6. The summed E-state index contributed by atoms with van der Waals surface area (Å²) in [6.07, 6.45) is 0. The van der Waals surface area contributed by atoms with E-state index < -0.39 is 11.4 Å². The normalized spacial score (nSPS) is 14.2. The number of hydrogen-bond donors (Lipinski definition) is 2. The van der Waals surface area contributed by atoms with Gasteiger partial charge in [-0.2, -0.15) is 0 Å². The standard InChI is InChI=1S/C15H24N2O3/c1-12(2)10-19-8-9-20-11-15(17,14(16)18)13-6-4-3-5-7-13/h3-7,12H,8-11,17H2,1-2H3,(H2,16,18). The molecule has 0 aromatic heterocycles. The number of carbonyl (C=O) groups excluding carboxylic acids is 1. The van der Waals surface area contributed by atoms with Crippen molar-refractivity contribution >= 4 is 5.91 Å². The SMILES string of the molecule is CC(C)COCCOCC(N)(C(N)=O)c1ccccc1. The van der Waals surface area contributed by atoms with Crippen molar-refractivity contribution in [2.75, 3.05) is 26.4 Å². The van der Waals surface area contributed by atoms with Gasteiger partial charge in [-0.05, 0) is 11.5 Å². The Hall–Kier alpha value is -1.43. The predicted octanol–water partition coefficient (Wildman–Crippen LogP) is 1.02. The third-order valence-corrected chi connectivity index (χ3v) is 2.88. The molecule has 1 rings (SSSR count). The molecule has 0 radical (unpaired) electrons. The van der Waals surface area contributed by atoms with Crippen molar-refractivity contribution in [2.45, 2.75) is 19.4 Å². The molecule has 0 bridgehead atoms. The minimum Gasteiger partial charge on any atom is -0.379 e. The summed E-state index contributed by atoms with van der Waals surface area (Å²) in [5, 5.41) is 0. The Labute approximate surface area is 120 Å². The quantitative estimate of drug-likeness (QED) is 0.661. The maximum atomic E-state index is 11.6. The van der Waals surface area contributed by atoms with Crippen molar-refractivity contribution < 1.29 is 14.3 Å². The fourth-order valence-corrected chi connectivity index (χ4v) is 1.70. The Morgan fingerprint density at radius 3 is 2.35 bits per heavy atom. The molecule has 0 aliphatic heterocycles. The third kappa shape index (κ3) is 4.92. The van der Waals surface area contributed by atoms with Crippen LogP contribution < -0.4 is 11.5 Å². The van der Waals surface area contributed by atoms with Crippen molar-refractivity contribution in [3.63, 3.8) is 0 Å². The molecule has 1 amide bonds. The van der Waals surface area contributed by atoms with Crippen LogP contribution in [-0.4, -0.2) is 32.3 Å². The second-order valence-corrected chi connectivity index (χ2v) is 5.22. The first kappa shape index (κ1) is 16.6. The number of benzene rings is 1. The van der Waals surface area contributed by atoms with Crippen LogP contribution in [0, 0.1) is 5.92 Å². The van der Waals surface area contributed by atoms with Crippen LogP contribution in [0.2, 0.25) is 0 Å². The summed E-state index contributed by atoms with van der Waals surface area (Å²) in [6.45, 7) is 5.74. The Morgan fingerprint density at radius 2 is 1.80 bits per heavy atom. The summed E-state index contributed by atoms with van der Waals surface area (Å²) in [5.41, 5.74) is 10.8. The second kappa shape index (κ2) is 7.99. The first-order chi connectivity index (χ1) is 9.47. The van der Waals surface area contributed by atoms with E-state index in [9.17, 15) is 4.79 Å². The van der Waals surface area contributed by atoms with E-state index in [4.69, 9.17) is 20.9 Å². The minimum absolute atomic E-state index is 0.0391. The van der Waals surface area contributed by atoms with Crippen molar-refractivity contribution in [1.29, 1.82) is 0 Å². The van der Waals surface area contributed by atoms with Gasteiger partial charge in [0.15, 0.2) is 0 Å². The number of carbonyl (C=O) groups is 1. The number of ether oxygens (including phenoxy) is 2. The van der Waals surface area contributed by atoms with E-state index in [2.05, 4.69) is 13.8 Å². The summed E-state index contributed by atoms with van der Waals surface area (Å²) in [6, 6.07) is 9.01. The van der Waals surface area contributed by atoms with E-state index in [-0.39, 0.29) is 6.61 Å². The van der Waals surface area contributed by atoms with E-state index in [0.29, 0.717) is 31.3 Å². The lowest BCUT2D eigenvalue weighted by atomic mass is 9.91. The summed E-state index contributed by atoms with van der Waals surface area (Å²) in [5.74, 6) is -0.120. The average molecular weight is 280 g/mol. The molecule has 0 fully saturated rings. The number of hydrogen-bond acceptors (Lipinski definition) is 4. The molecule has 1 unspecified atom stereocenters. The number of nitrogens with two attached hydrogens (primary N) is 2. The van der Waals surface area contributed by atoms with Crippen LogP contribution in [0.5, 0.6) is 0 Å². The highest BCUT2D eigenvalue weighted by Gasteiger charge is 2.34. The molecule has 1 atom stereocenters. The van der Waals surface area contributed by atoms with Gasteiger partial charge in [0.25, 0.3) is 0 Å². The number of amides is 1. The van der Waals surface area contributed by atoms with E-state index in [1.807, 2.05) is 18.2 Å². The Morgan fingerprint density at radius 1 is 1.20 bits per heavy atom. The first-order valence-corrected chi connectivity index (χ1v) is 6.76. The summed E-state index contributed by atoms with van der Waals surface area (Å²) in [7, 11) is 0. The molecule has 5 nitrogen and oxygen atoms in total. The Balaban J connectivity index is 2.46. The monoisotopic (exact) mass is 280 g/mol. The topological polar surface area (TPSA) is 87.6 Å². The maximum Gasteiger partial charge on any atom is 0.244 e. The van der Waals surface area contributed by atoms with Crippen molar-refractivity contribution in [3.8, 4) is 0 Å². The summed E-state index contributed by atoms with van der Waals surface area (Å²) in [4.78, 5) is 11.6. The van der Waals surface area contributed by atoms with Gasteiger partial charge >= 0.3 is 0 Å². The lowest BCUT2D eigenvalue weighted by Crippen LogP contribution is -2.52. The lowest BCUT2D eigenvalue weighted by Gasteiger charge is -2.26. The highest BCUT2D eigenvalue weighted by molar-refractivity contribution is 5.86. The van der Waals surface area contributed by atoms with Crippen LogP contribution in [0.15, 0.2) is 30.3 Å². The number of primary amides is 1. The smallest absolute Gasteiger partial charge is 0.244 e. The van der Waals surface area contributed by atoms with Gasteiger partial charge in [0.1, 0.15) is 5.54 Å². The fourth-order valence-electron chi connectivity index (χ4n) is 1.70. The highest BCUT2D eigenvalue weighted by atomic mass is 16.5. The molecular formula is C15H24N2O3. The van der Waals surface area contributed by atoms with E-state index in [1.54, 1.807) is 12.1 Å². The van der Waals surface area contributed by atoms with Crippen LogP contribution >= 0.6 is 0 Å². The van der Waals surface area contributed by atoms with Gasteiger partial charge in [-0.3, -0.25) is 4.79 Å². The second-order valence-electron chi connectivity index (χ2n) is 5.22. The van der Waals surface area contributed by atoms with Crippen LogP contribution in [0.1, 0.15) is 19.4 Å². The van der Waals surface area contributed by atoms with Crippen molar-refractivity contribution in [3.05, 3.63) is 35.9 Å². The van der Waals surface area contributed by atoms with Crippen molar-refractivity contribution in [2.24, 2.45) is 17.4 Å². The molecular weight excluding hydrogens is 256 g/mol. The zero-order valence-corrected chi connectivity index (χ0v) is 12.2. The molecule has 5 heteroatoms. The molecule has 20 heavy (non-hydrogen) atoms. The molecule has 1 aromatic carbocycles. The summed E-state index contributed by atoms with van der Waals surface area (Å²) < 4.78 is 10.8. The predicted molar refractivity (Wildman–Crippen MR) is 78.0 cm³/mol.